The maximum absolute atomic E-state index is 11.7. The number of unbranched alkanes of at least 4 members (excludes halogenated alkanes) is 1. The first-order valence-corrected chi connectivity index (χ1v) is 8.79. The number of nitrogens with one attached hydrogen (secondary N) is 1. The summed E-state index contributed by atoms with van der Waals surface area (Å²) in [6.45, 7) is 2.75. The van der Waals surface area contributed by atoms with E-state index in [0.29, 0.717) is 29.2 Å². The summed E-state index contributed by atoms with van der Waals surface area (Å²) in [5.74, 6) is 1.62. The van der Waals surface area contributed by atoms with Crippen LogP contribution >= 0.6 is 23.1 Å². The van der Waals surface area contributed by atoms with Crippen molar-refractivity contribution in [3.63, 3.8) is 0 Å². The van der Waals surface area contributed by atoms with Crippen molar-refractivity contribution in [2.45, 2.75) is 37.2 Å². The number of aromatic nitrogens is 5. The Morgan fingerprint density at radius 2 is 2.41 bits per heavy atom. The Balaban J connectivity index is 1.67. The monoisotopic (exact) mass is 337 g/mol. The van der Waals surface area contributed by atoms with Gasteiger partial charge in [0.2, 0.25) is 0 Å². The summed E-state index contributed by atoms with van der Waals surface area (Å²) in [5.41, 5.74) is -0.177. The molecule has 3 heterocycles. The van der Waals surface area contributed by atoms with Gasteiger partial charge >= 0.3 is 5.69 Å². The first kappa shape index (κ1) is 15.0. The average Bonchev–Trinajstić information content (AvgIpc) is 3.24. The summed E-state index contributed by atoms with van der Waals surface area (Å²) in [7, 11) is 0. The van der Waals surface area contributed by atoms with Gasteiger partial charge in [0.15, 0.2) is 11.0 Å². The Hall–Kier alpha value is -1.87. The van der Waals surface area contributed by atoms with Gasteiger partial charge in [0.25, 0.3) is 5.89 Å². The third kappa shape index (κ3) is 3.30. The fourth-order valence-electron chi connectivity index (χ4n) is 1.87. The normalized spacial score (nSPS) is 11.1. The van der Waals surface area contributed by atoms with Crippen molar-refractivity contribution in [1.82, 2.24) is 24.9 Å². The number of nitrogens with zero attached hydrogens (tertiary/aromatic N) is 4. The van der Waals surface area contributed by atoms with E-state index in [4.69, 9.17) is 4.52 Å². The van der Waals surface area contributed by atoms with Crippen molar-refractivity contribution in [3.05, 3.63) is 33.8 Å². The zero-order chi connectivity index (χ0) is 15.4. The Labute approximate surface area is 134 Å². The maximum Gasteiger partial charge on any atom is 0.343 e. The largest absolute Gasteiger partial charge is 0.343 e. The predicted octanol–water partition coefficient (Wildman–Crippen LogP) is 2.78. The minimum absolute atomic E-state index is 0.177. The first-order chi connectivity index (χ1) is 10.8. The van der Waals surface area contributed by atoms with Crippen LogP contribution in [0.5, 0.6) is 0 Å². The van der Waals surface area contributed by atoms with E-state index >= 15 is 0 Å². The van der Waals surface area contributed by atoms with Crippen LogP contribution in [0.15, 0.2) is 32.0 Å². The molecule has 3 rings (SSSR count). The van der Waals surface area contributed by atoms with Gasteiger partial charge in [-0.05, 0) is 17.9 Å². The lowest BCUT2D eigenvalue weighted by Crippen LogP contribution is -2.17. The van der Waals surface area contributed by atoms with Gasteiger partial charge in [0, 0.05) is 6.54 Å². The fraction of sp³-hybridized carbons (Fsp3) is 0.385. The lowest BCUT2D eigenvalue weighted by atomic mass is 10.3. The molecule has 1 N–H and O–H groups in total. The van der Waals surface area contributed by atoms with Crippen LogP contribution in [0.25, 0.3) is 10.8 Å². The molecule has 0 aliphatic rings. The Morgan fingerprint density at radius 3 is 3.18 bits per heavy atom. The van der Waals surface area contributed by atoms with E-state index in [2.05, 4.69) is 27.3 Å². The van der Waals surface area contributed by atoms with Crippen LogP contribution in [0.4, 0.5) is 0 Å². The number of aromatic amines is 1. The summed E-state index contributed by atoms with van der Waals surface area (Å²) in [5, 5.41) is 13.1. The quantitative estimate of drug-likeness (QED) is 0.667. The molecule has 0 fully saturated rings. The second-order valence-electron chi connectivity index (χ2n) is 4.60. The van der Waals surface area contributed by atoms with Gasteiger partial charge < -0.3 is 4.52 Å². The molecule has 0 bridgehead atoms. The van der Waals surface area contributed by atoms with E-state index in [1.807, 2.05) is 17.5 Å². The Kier molecular flexibility index (Phi) is 4.74. The Bertz CT molecular complexity index is 775. The molecular formula is C13H15N5O2S2. The maximum atomic E-state index is 11.7. The molecule has 7 nitrogen and oxygen atoms in total. The number of thioether (sulfide) groups is 1. The van der Waals surface area contributed by atoms with Crippen molar-refractivity contribution in [2.75, 3.05) is 0 Å². The molecule has 116 valence electrons. The molecule has 0 atom stereocenters. The third-order valence-electron chi connectivity index (χ3n) is 2.99. The van der Waals surface area contributed by atoms with Gasteiger partial charge in [0.1, 0.15) is 0 Å². The van der Waals surface area contributed by atoms with E-state index in [0.717, 1.165) is 17.7 Å². The highest BCUT2D eigenvalue weighted by Gasteiger charge is 2.13. The lowest BCUT2D eigenvalue weighted by molar-refractivity contribution is 0.426. The summed E-state index contributed by atoms with van der Waals surface area (Å²) in [6, 6.07) is 3.87. The molecule has 0 unspecified atom stereocenters. The van der Waals surface area contributed by atoms with E-state index in [1.165, 1.54) is 11.8 Å². The van der Waals surface area contributed by atoms with Crippen LogP contribution in [-0.4, -0.2) is 24.9 Å². The van der Waals surface area contributed by atoms with Crippen molar-refractivity contribution in [1.29, 1.82) is 0 Å². The van der Waals surface area contributed by atoms with Crippen molar-refractivity contribution >= 4 is 23.1 Å². The van der Waals surface area contributed by atoms with Crippen LogP contribution in [0.3, 0.4) is 0 Å². The molecular weight excluding hydrogens is 322 g/mol. The highest BCUT2D eigenvalue weighted by molar-refractivity contribution is 7.98. The molecule has 0 saturated carbocycles. The van der Waals surface area contributed by atoms with Gasteiger partial charge in [-0.1, -0.05) is 36.3 Å². The smallest absolute Gasteiger partial charge is 0.333 e. The minimum atomic E-state index is -0.177. The highest BCUT2D eigenvalue weighted by Crippen LogP contribution is 2.24. The number of thiophene rings is 1. The topological polar surface area (TPSA) is 89.6 Å². The van der Waals surface area contributed by atoms with Gasteiger partial charge in [-0.25, -0.2) is 9.89 Å². The molecule has 22 heavy (non-hydrogen) atoms. The second-order valence-corrected chi connectivity index (χ2v) is 6.49. The molecule has 0 amide bonds. The molecule has 0 aliphatic heterocycles. The zero-order valence-corrected chi connectivity index (χ0v) is 13.6. The molecule has 0 radical (unpaired) electrons. The molecule has 0 aliphatic carbocycles. The summed E-state index contributed by atoms with van der Waals surface area (Å²) in [6.07, 6.45) is 1.97. The summed E-state index contributed by atoms with van der Waals surface area (Å²) in [4.78, 5) is 17.0. The predicted molar refractivity (Wildman–Crippen MR) is 84.9 cm³/mol. The molecule has 0 saturated heterocycles. The van der Waals surface area contributed by atoms with Gasteiger partial charge in [-0.3, -0.25) is 4.57 Å². The number of hydrogen-bond donors (Lipinski definition) is 1. The summed E-state index contributed by atoms with van der Waals surface area (Å²) < 4.78 is 6.88. The van der Waals surface area contributed by atoms with Crippen LogP contribution in [-0.2, 0) is 12.3 Å². The van der Waals surface area contributed by atoms with E-state index < -0.39 is 0 Å². The van der Waals surface area contributed by atoms with Crippen molar-refractivity contribution < 1.29 is 4.52 Å². The average molecular weight is 337 g/mol. The molecule has 3 aromatic rings. The van der Waals surface area contributed by atoms with Crippen molar-refractivity contribution in [3.8, 4) is 10.8 Å². The second kappa shape index (κ2) is 6.93. The molecule has 9 heteroatoms. The van der Waals surface area contributed by atoms with Crippen LogP contribution < -0.4 is 5.69 Å². The van der Waals surface area contributed by atoms with Gasteiger partial charge in [0.05, 0.1) is 10.6 Å². The van der Waals surface area contributed by atoms with E-state index in [9.17, 15) is 4.79 Å². The number of H-pyrrole nitrogens is 1. The number of rotatable bonds is 7. The standard InChI is InChI=1S/C13H15N5O2S2/c1-2-3-6-18-12(19)15-16-13(18)22-8-10-14-11(20-17-10)9-5-4-7-21-9/h4-5,7H,2-3,6,8H2,1H3,(H,15,19). The summed E-state index contributed by atoms with van der Waals surface area (Å²) >= 11 is 2.97. The van der Waals surface area contributed by atoms with E-state index in [-0.39, 0.29) is 5.69 Å². The molecule has 3 aromatic heterocycles. The van der Waals surface area contributed by atoms with Crippen LogP contribution in [0, 0.1) is 0 Å². The fourth-order valence-corrected chi connectivity index (χ4v) is 3.33. The Morgan fingerprint density at radius 1 is 1.50 bits per heavy atom. The zero-order valence-electron chi connectivity index (χ0n) is 12.0. The van der Waals surface area contributed by atoms with Gasteiger partial charge in [-0.2, -0.15) is 4.98 Å². The highest BCUT2D eigenvalue weighted by atomic mass is 32.2. The minimum Gasteiger partial charge on any atom is -0.333 e. The molecule has 0 spiro atoms. The van der Waals surface area contributed by atoms with Crippen molar-refractivity contribution in [2.24, 2.45) is 0 Å². The molecule has 0 aromatic carbocycles. The lowest BCUT2D eigenvalue weighted by Gasteiger charge is -2.02. The van der Waals surface area contributed by atoms with Crippen LogP contribution in [0.2, 0.25) is 0 Å². The van der Waals surface area contributed by atoms with Gasteiger partial charge in [-0.15, -0.1) is 16.4 Å². The third-order valence-corrected chi connectivity index (χ3v) is 4.82. The van der Waals surface area contributed by atoms with E-state index in [1.54, 1.807) is 15.9 Å². The number of hydrogen-bond acceptors (Lipinski definition) is 7. The first-order valence-electron chi connectivity index (χ1n) is 6.92. The van der Waals surface area contributed by atoms with Crippen LogP contribution in [0.1, 0.15) is 25.6 Å². The SMILES string of the molecule is CCCCn1c(SCc2noc(-c3cccs3)n2)n[nH]c1=O.